The zero-order valence-corrected chi connectivity index (χ0v) is 11.6. The molecule has 4 heteroatoms. The molecule has 0 saturated heterocycles. The first-order valence-electron chi connectivity index (χ1n) is 6.85. The summed E-state index contributed by atoms with van der Waals surface area (Å²) in [6.07, 6.45) is 7.88. The Balaban J connectivity index is 2.00. The highest BCUT2D eigenvalue weighted by Gasteiger charge is 2.17. The first-order valence-corrected chi connectivity index (χ1v) is 6.85. The van der Waals surface area contributed by atoms with Crippen LogP contribution in [-0.2, 0) is 14.3 Å². The fraction of sp³-hybridized carbons (Fsp3) is 0.600. The third-order valence-corrected chi connectivity index (χ3v) is 3.26. The van der Waals surface area contributed by atoms with Gasteiger partial charge in [0.15, 0.2) is 0 Å². The number of hydrogen-bond donors (Lipinski definition) is 0. The van der Waals surface area contributed by atoms with Crippen LogP contribution in [0.15, 0.2) is 24.4 Å². The molecule has 0 aliphatic carbocycles. The average molecular weight is 265 g/mol. The van der Waals surface area contributed by atoms with Gasteiger partial charge in [0.2, 0.25) is 0 Å². The quantitative estimate of drug-likeness (QED) is 0.450. The Hall–Kier alpha value is -1.42. The van der Waals surface area contributed by atoms with Crippen LogP contribution in [0.4, 0.5) is 0 Å². The third kappa shape index (κ3) is 5.83. The fourth-order valence-corrected chi connectivity index (χ4v) is 1.98. The number of carbonyl (C=O) groups is 2. The number of rotatable bonds is 10. The molecular formula is C15H23NO3. The van der Waals surface area contributed by atoms with E-state index >= 15 is 0 Å². The predicted octanol–water partition coefficient (Wildman–Crippen LogP) is 2.31. The van der Waals surface area contributed by atoms with Crippen LogP contribution in [0.1, 0.15) is 32.6 Å². The minimum Gasteiger partial charge on any atom is -0.380 e. The molecule has 1 heterocycles. The minimum atomic E-state index is -0.0177. The summed E-state index contributed by atoms with van der Waals surface area (Å²) in [5, 5.41) is 0. The Morgan fingerprint density at radius 1 is 1.37 bits per heavy atom. The molecule has 106 valence electrons. The van der Waals surface area contributed by atoms with E-state index in [0.29, 0.717) is 32.1 Å². The number of amides is 1. The zero-order valence-electron chi connectivity index (χ0n) is 11.6. The van der Waals surface area contributed by atoms with E-state index in [0.717, 1.165) is 31.2 Å². The largest absolute Gasteiger partial charge is 0.380 e. The molecule has 0 aromatic carbocycles. The SMILES string of the molecule is C=C1C=CC(=O)N1CCOCCC(C)CCCC=O. The lowest BCUT2D eigenvalue weighted by atomic mass is 10.0. The number of ether oxygens (including phenoxy) is 1. The van der Waals surface area contributed by atoms with Crippen molar-refractivity contribution < 1.29 is 14.3 Å². The van der Waals surface area contributed by atoms with E-state index in [2.05, 4.69) is 13.5 Å². The molecule has 0 bridgehead atoms. The summed E-state index contributed by atoms with van der Waals surface area (Å²) < 4.78 is 5.54. The molecule has 1 aliphatic rings. The lowest BCUT2D eigenvalue weighted by Crippen LogP contribution is -2.27. The van der Waals surface area contributed by atoms with Crippen LogP contribution < -0.4 is 0 Å². The van der Waals surface area contributed by atoms with E-state index in [-0.39, 0.29) is 5.91 Å². The first kappa shape index (κ1) is 15.6. The van der Waals surface area contributed by atoms with Gasteiger partial charge in [-0.25, -0.2) is 0 Å². The van der Waals surface area contributed by atoms with Crippen molar-refractivity contribution in [2.45, 2.75) is 32.6 Å². The van der Waals surface area contributed by atoms with E-state index in [1.807, 2.05) is 0 Å². The molecule has 1 aliphatic heterocycles. The molecule has 0 saturated carbocycles. The summed E-state index contributed by atoms with van der Waals surface area (Å²) in [6, 6.07) is 0. The molecule has 19 heavy (non-hydrogen) atoms. The van der Waals surface area contributed by atoms with E-state index in [1.165, 1.54) is 6.08 Å². The van der Waals surface area contributed by atoms with Crippen molar-refractivity contribution in [3.05, 3.63) is 24.4 Å². The number of nitrogens with zero attached hydrogens (tertiary/aromatic N) is 1. The molecule has 0 aromatic rings. The molecule has 0 N–H and O–H groups in total. The Kier molecular flexibility index (Phi) is 7.11. The van der Waals surface area contributed by atoms with Crippen LogP contribution >= 0.6 is 0 Å². The normalized spacial score (nSPS) is 16.2. The van der Waals surface area contributed by atoms with Crippen LogP contribution in [0.3, 0.4) is 0 Å². The Bertz CT molecular complexity index is 331. The maximum atomic E-state index is 11.4. The standard InChI is InChI=1S/C15H23NO3/c1-13(5-3-4-10-17)8-11-19-12-9-16-14(2)6-7-15(16)18/h6-7,10,13H,2-5,8-9,11-12H2,1H3. The summed E-state index contributed by atoms with van der Waals surface area (Å²) in [4.78, 5) is 23.2. The maximum absolute atomic E-state index is 11.4. The van der Waals surface area contributed by atoms with Crippen LogP contribution in [0.5, 0.6) is 0 Å². The first-order chi connectivity index (χ1) is 9.15. The molecule has 0 fully saturated rings. The number of unbranched alkanes of at least 4 members (excludes halogenated alkanes) is 1. The van der Waals surface area contributed by atoms with Gasteiger partial charge in [0.25, 0.3) is 5.91 Å². The number of hydrogen-bond acceptors (Lipinski definition) is 3. The van der Waals surface area contributed by atoms with Crippen molar-refractivity contribution in [3.63, 3.8) is 0 Å². The lowest BCUT2D eigenvalue weighted by Gasteiger charge is -2.17. The van der Waals surface area contributed by atoms with E-state index < -0.39 is 0 Å². The summed E-state index contributed by atoms with van der Waals surface area (Å²) in [5.41, 5.74) is 0.732. The van der Waals surface area contributed by atoms with Gasteiger partial charge in [-0.2, -0.15) is 0 Å². The second kappa shape index (κ2) is 8.64. The van der Waals surface area contributed by atoms with Crippen LogP contribution in [-0.4, -0.2) is 36.9 Å². The number of aldehydes is 1. The van der Waals surface area contributed by atoms with Crippen LogP contribution in [0.2, 0.25) is 0 Å². The molecule has 1 atom stereocenters. The predicted molar refractivity (Wildman–Crippen MR) is 74.5 cm³/mol. The van der Waals surface area contributed by atoms with Gasteiger partial charge in [0, 0.05) is 31.3 Å². The smallest absolute Gasteiger partial charge is 0.251 e. The highest BCUT2D eigenvalue weighted by molar-refractivity contribution is 5.92. The van der Waals surface area contributed by atoms with Crippen molar-refractivity contribution in [1.82, 2.24) is 4.90 Å². The maximum Gasteiger partial charge on any atom is 0.251 e. The second-order valence-corrected chi connectivity index (χ2v) is 4.92. The Labute approximate surface area is 115 Å². The average Bonchev–Trinajstić information content (AvgIpc) is 2.70. The van der Waals surface area contributed by atoms with Gasteiger partial charge in [-0.1, -0.05) is 19.9 Å². The Morgan fingerprint density at radius 3 is 2.79 bits per heavy atom. The number of carbonyl (C=O) groups excluding carboxylic acids is 2. The van der Waals surface area contributed by atoms with Gasteiger partial charge >= 0.3 is 0 Å². The highest BCUT2D eigenvalue weighted by atomic mass is 16.5. The van der Waals surface area contributed by atoms with Gasteiger partial charge in [-0.15, -0.1) is 0 Å². The van der Waals surface area contributed by atoms with Gasteiger partial charge in [0.05, 0.1) is 6.61 Å². The van der Waals surface area contributed by atoms with Crippen LogP contribution in [0, 0.1) is 5.92 Å². The van der Waals surface area contributed by atoms with Gasteiger partial charge in [0.1, 0.15) is 6.29 Å². The second-order valence-electron chi connectivity index (χ2n) is 4.92. The summed E-state index contributed by atoms with van der Waals surface area (Å²) in [7, 11) is 0. The molecule has 4 nitrogen and oxygen atoms in total. The molecule has 1 rings (SSSR count). The summed E-state index contributed by atoms with van der Waals surface area (Å²) in [5.74, 6) is 0.556. The molecule has 1 amide bonds. The highest BCUT2D eigenvalue weighted by Crippen LogP contribution is 2.13. The monoisotopic (exact) mass is 265 g/mol. The molecule has 0 spiro atoms. The van der Waals surface area contributed by atoms with Gasteiger partial charge in [-0.05, 0) is 24.8 Å². The van der Waals surface area contributed by atoms with Crippen LogP contribution in [0.25, 0.3) is 0 Å². The van der Waals surface area contributed by atoms with E-state index in [1.54, 1.807) is 11.0 Å². The molecule has 0 aromatic heterocycles. The van der Waals surface area contributed by atoms with Crippen molar-refractivity contribution in [2.75, 3.05) is 19.8 Å². The molecule has 1 unspecified atom stereocenters. The van der Waals surface area contributed by atoms with Gasteiger partial charge in [-0.3, -0.25) is 4.79 Å². The molecule has 0 radical (unpaired) electrons. The lowest BCUT2D eigenvalue weighted by molar-refractivity contribution is -0.123. The summed E-state index contributed by atoms with van der Waals surface area (Å²) in [6.45, 7) is 7.75. The topological polar surface area (TPSA) is 46.6 Å². The zero-order chi connectivity index (χ0) is 14.1. The van der Waals surface area contributed by atoms with E-state index in [9.17, 15) is 9.59 Å². The number of allylic oxidation sites excluding steroid dienone is 1. The fourth-order valence-electron chi connectivity index (χ4n) is 1.98. The van der Waals surface area contributed by atoms with Crippen molar-refractivity contribution in [3.8, 4) is 0 Å². The molecular weight excluding hydrogens is 242 g/mol. The van der Waals surface area contributed by atoms with Crippen molar-refractivity contribution in [1.29, 1.82) is 0 Å². The van der Waals surface area contributed by atoms with Gasteiger partial charge < -0.3 is 14.4 Å². The van der Waals surface area contributed by atoms with E-state index in [4.69, 9.17) is 4.74 Å². The Morgan fingerprint density at radius 2 is 2.16 bits per heavy atom. The van der Waals surface area contributed by atoms with Crippen molar-refractivity contribution >= 4 is 12.2 Å². The summed E-state index contributed by atoms with van der Waals surface area (Å²) >= 11 is 0. The third-order valence-electron chi connectivity index (χ3n) is 3.26. The minimum absolute atomic E-state index is 0.0177. The van der Waals surface area contributed by atoms with Crippen molar-refractivity contribution in [2.24, 2.45) is 5.92 Å².